The minimum atomic E-state index is -1.21. The Morgan fingerprint density at radius 2 is 2.06 bits per heavy atom. The summed E-state index contributed by atoms with van der Waals surface area (Å²) in [6, 6.07) is 8.28. The molecule has 0 saturated carbocycles. The van der Waals surface area contributed by atoms with Crippen molar-refractivity contribution in [3.8, 4) is 6.19 Å². The largest absolute Gasteiger partial charge is 0.378 e. The van der Waals surface area contributed by atoms with Crippen LogP contribution in [0.2, 0.25) is 9.36 Å². The predicted octanol–water partition coefficient (Wildman–Crippen LogP) is 3.30. The van der Waals surface area contributed by atoms with E-state index in [1.807, 2.05) is 0 Å². The van der Waals surface area contributed by atoms with Crippen LogP contribution in [0.5, 0.6) is 0 Å². The van der Waals surface area contributed by atoms with Gasteiger partial charge in [-0.15, -0.1) is 11.3 Å². The Balaban J connectivity index is 1.51. The van der Waals surface area contributed by atoms with Gasteiger partial charge in [0, 0.05) is 25.3 Å². The lowest BCUT2D eigenvalue weighted by Gasteiger charge is -2.30. The van der Waals surface area contributed by atoms with Crippen LogP contribution in [0.4, 0.5) is 11.4 Å². The van der Waals surface area contributed by atoms with E-state index in [1.54, 1.807) is 41.4 Å². The summed E-state index contributed by atoms with van der Waals surface area (Å²) in [6.07, 6.45) is 2.10. The lowest BCUT2D eigenvalue weighted by molar-refractivity contribution is -0.122. The minimum Gasteiger partial charge on any atom is -0.378 e. The molecule has 2 N–H and O–H groups in total. The van der Waals surface area contributed by atoms with E-state index in [9.17, 15) is 9.59 Å². The van der Waals surface area contributed by atoms with Gasteiger partial charge in [0.15, 0.2) is 0 Å². The fraction of sp³-hybridized carbons (Fsp3) is 0.333. The third kappa shape index (κ3) is 5.13. The molecule has 1 aromatic heterocycles. The highest BCUT2D eigenvalue weighted by atomic mass is 35.5. The lowest BCUT2D eigenvalue weighted by Crippen LogP contribution is -2.57. The Bertz CT molecular complexity index is 1140. The van der Waals surface area contributed by atoms with E-state index >= 15 is 0 Å². The van der Waals surface area contributed by atoms with Crippen molar-refractivity contribution >= 4 is 63.6 Å². The molecule has 3 heterocycles. The maximum atomic E-state index is 13.2. The minimum absolute atomic E-state index is 0.0528. The molecular weight excluding hydrogens is 489 g/mol. The van der Waals surface area contributed by atoms with Gasteiger partial charge in [0.1, 0.15) is 18.0 Å². The number of nitrogens with one attached hydrogen (secondary N) is 2. The quantitative estimate of drug-likeness (QED) is 0.599. The van der Waals surface area contributed by atoms with Gasteiger partial charge >= 0.3 is 0 Å². The Morgan fingerprint density at radius 3 is 2.73 bits per heavy atom. The van der Waals surface area contributed by atoms with Crippen LogP contribution in [0, 0.1) is 11.5 Å². The lowest BCUT2D eigenvalue weighted by atomic mass is 9.97. The van der Waals surface area contributed by atoms with Crippen LogP contribution in [0.15, 0.2) is 35.3 Å². The molecule has 2 aliphatic rings. The topological polar surface area (TPSA) is 116 Å². The van der Waals surface area contributed by atoms with Crippen molar-refractivity contribution in [3.05, 3.63) is 44.6 Å². The van der Waals surface area contributed by atoms with E-state index in [0.29, 0.717) is 57.6 Å². The zero-order chi connectivity index (χ0) is 23.4. The number of morpholine rings is 1. The molecule has 1 atom stereocenters. The first-order chi connectivity index (χ1) is 15.9. The molecule has 2 saturated heterocycles. The van der Waals surface area contributed by atoms with Gasteiger partial charge in [0.25, 0.3) is 11.8 Å². The molecule has 0 aliphatic carbocycles. The van der Waals surface area contributed by atoms with Crippen molar-refractivity contribution in [1.29, 1.82) is 5.26 Å². The average molecular weight is 508 g/mol. The summed E-state index contributed by atoms with van der Waals surface area (Å²) in [6.45, 7) is 1.57. The van der Waals surface area contributed by atoms with E-state index < -0.39 is 17.4 Å². The van der Waals surface area contributed by atoms with E-state index in [1.165, 1.54) is 0 Å². The van der Waals surface area contributed by atoms with Crippen LogP contribution in [0.3, 0.4) is 0 Å². The van der Waals surface area contributed by atoms with E-state index in [2.05, 4.69) is 15.6 Å². The number of carbonyl (C=O) groups is 2. The molecule has 33 heavy (non-hydrogen) atoms. The van der Waals surface area contributed by atoms with Gasteiger partial charge in [-0.3, -0.25) is 9.59 Å². The third-order valence-corrected chi connectivity index (χ3v) is 6.82. The standard InChI is InChI=1S/C21H19Cl2N5O4S/c22-14-9-13(1-2-15(14)28-6-8-31-10-18(28)25-12-24)26-20(30)21(5-7-32-11-21)27-19(29)16-3-4-17(23)33-16/h1-4,9H,5-8,10-11H2,(H,26,30)(H,27,29)/t21-/m0/s1. The number of benzene rings is 1. The number of halogens is 2. The molecule has 2 fully saturated rings. The van der Waals surface area contributed by atoms with Crippen molar-refractivity contribution in [1.82, 2.24) is 5.32 Å². The van der Waals surface area contributed by atoms with Crippen LogP contribution >= 0.6 is 34.5 Å². The molecule has 0 bridgehead atoms. The van der Waals surface area contributed by atoms with Gasteiger partial charge in [-0.1, -0.05) is 23.2 Å². The summed E-state index contributed by atoms with van der Waals surface area (Å²) in [5.74, 6) is -0.337. The average Bonchev–Trinajstić information content (AvgIpc) is 3.45. The number of nitrogens with zero attached hydrogens (tertiary/aromatic N) is 3. The summed E-state index contributed by atoms with van der Waals surface area (Å²) in [4.78, 5) is 31.9. The molecular formula is C21H19Cl2N5O4S. The number of thiophene rings is 1. The number of amidine groups is 1. The van der Waals surface area contributed by atoms with E-state index in [0.717, 1.165) is 11.3 Å². The first-order valence-corrected chi connectivity index (χ1v) is 11.6. The van der Waals surface area contributed by atoms with Crippen molar-refractivity contribution in [2.45, 2.75) is 12.0 Å². The van der Waals surface area contributed by atoms with Gasteiger partial charge in [-0.05, 0) is 30.3 Å². The van der Waals surface area contributed by atoms with Gasteiger partial charge in [-0.25, -0.2) is 0 Å². The zero-order valence-electron chi connectivity index (χ0n) is 17.3. The monoisotopic (exact) mass is 507 g/mol. The number of carbonyl (C=O) groups excluding carboxylic acids is 2. The molecule has 4 rings (SSSR count). The van der Waals surface area contributed by atoms with Crippen molar-refractivity contribution in [2.24, 2.45) is 4.99 Å². The highest BCUT2D eigenvalue weighted by Gasteiger charge is 2.44. The fourth-order valence-corrected chi connectivity index (χ4v) is 4.83. The molecule has 12 heteroatoms. The highest BCUT2D eigenvalue weighted by Crippen LogP contribution is 2.31. The van der Waals surface area contributed by atoms with Crippen LogP contribution < -0.4 is 15.5 Å². The Labute approximate surface area is 203 Å². The number of hydrogen-bond acceptors (Lipinski definition) is 7. The van der Waals surface area contributed by atoms with Gasteiger partial charge in [0.05, 0.1) is 33.1 Å². The molecule has 2 aliphatic heterocycles. The summed E-state index contributed by atoms with van der Waals surface area (Å²) >= 11 is 13.6. The fourth-order valence-electron chi connectivity index (χ4n) is 3.61. The van der Waals surface area contributed by atoms with Crippen LogP contribution in [0.1, 0.15) is 16.1 Å². The molecule has 2 amide bonds. The summed E-state index contributed by atoms with van der Waals surface area (Å²) < 4.78 is 11.3. The van der Waals surface area contributed by atoms with Crippen LogP contribution in [-0.4, -0.2) is 56.2 Å². The number of rotatable bonds is 5. The molecule has 2 aromatic rings. The van der Waals surface area contributed by atoms with Crippen molar-refractivity contribution < 1.29 is 19.1 Å². The molecule has 1 aromatic carbocycles. The van der Waals surface area contributed by atoms with E-state index in [-0.39, 0.29) is 13.2 Å². The Morgan fingerprint density at radius 1 is 1.21 bits per heavy atom. The second-order valence-corrected chi connectivity index (χ2v) is 9.52. The third-order valence-electron chi connectivity index (χ3n) is 5.28. The molecule has 9 nitrogen and oxygen atoms in total. The van der Waals surface area contributed by atoms with Crippen LogP contribution in [-0.2, 0) is 14.3 Å². The molecule has 172 valence electrons. The Kier molecular flexibility index (Phi) is 7.17. The highest BCUT2D eigenvalue weighted by molar-refractivity contribution is 7.18. The molecule has 0 unspecified atom stereocenters. The second-order valence-electron chi connectivity index (χ2n) is 7.40. The van der Waals surface area contributed by atoms with Gasteiger partial charge < -0.3 is 25.0 Å². The smallest absolute Gasteiger partial charge is 0.262 e. The normalized spacial score (nSPS) is 21.6. The number of ether oxygens (including phenoxy) is 2. The second kappa shape index (κ2) is 10.1. The maximum absolute atomic E-state index is 13.2. The molecule has 0 spiro atoms. The van der Waals surface area contributed by atoms with Gasteiger partial charge in [-0.2, -0.15) is 10.3 Å². The summed E-state index contributed by atoms with van der Waals surface area (Å²) in [5.41, 5.74) is -0.107. The maximum Gasteiger partial charge on any atom is 0.262 e. The predicted molar refractivity (Wildman–Crippen MR) is 126 cm³/mol. The SMILES string of the molecule is N#CN=C1COCCN1c1ccc(NC(=O)[C@]2(NC(=O)c3ccc(Cl)s3)CCOC2)cc1Cl. The summed E-state index contributed by atoms with van der Waals surface area (Å²) in [5, 5.41) is 14.9. The number of hydrogen-bond donors (Lipinski definition) is 2. The number of nitriles is 1. The van der Waals surface area contributed by atoms with E-state index in [4.69, 9.17) is 37.9 Å². The van der Waals surface area contributed by atoms with Crippen molar-refractivity contribution in [3.63, 3.8) is 0 Å². The Hall–Kier alpha value is -2.68. The van der Waals surface area contributed by atoms with Gasteiger partial charge in [0.2, 0.25) is 6.19 Å². The van der Waals surface area contributed by atoms with Crippen LogP contribution in [0.25, 0.3) is 0 Å². The molecule has 0 radical (unpaired) electrons. The first-order valence-electron chi connectivity index (χ1n) is 9.99. The number of aliphatic imine (C=N–C) groups is 1. The zero-order valence-corrected chi connectivity index (χ0v) is 19.6. The number of anilines is 2. The van der Waals surface area contributed by atoms with Crippen molar-refractivity contribution in [2.75, 3.05) is 43.2 Å². The number of amides is 2. The first kappa shape index (κ1) is 23.5. The summed E-state index contributed by atoms with van der Waals surface area (Å²) in [7, 11) is 0.